The molecule has 0 spiro atoms. The quantitative estimate of drug-likeness (QED) is 0.442. The lowest BCUT2D eigenvalue weighted by Gasteiger charge is -2.27. The van der Waals surface area contributed by atoms with Gasteiger partial charge in [0.15, 0.2) is 0 Å². The van der Waals surface area contributed by atoms with Crippen LogP contribution >= 0.6 is 27.6 Å². The summed E-state index contributed by atoms with van der Waals surface area (Å²) in [6.45, 7) is 1.07. The highest BCUT2D eigenvalue weighted by Gasteiger charge is 2.57. The summed E-state index contributed by atoms with van der Waals surface area (Å²) >= 11 is 0. The Morgan fingerprint density at radius 1 is 1.08 bits per heavy atom. The Hall–Kier alpha value is 0.550. The molecule has 0 aromatic carbocycles. The van der Waals surface area contributed by atoms with Gasteiger partial charge in [0.2, 0.25) is 0 Å². The molecule has 0 aliphatic carbocycles. The molecule has 0 radical (unpaired) electrons. The molecule has 0 unspecified atom stereocenters. The number of halogens is 1. The Morgan fingerprint density at radius 3 is 1.31 bits per heavy atom. The molecule has 5 N–H and O–H groups in total. The molecule has 0 bridgehead atoms. The summed E-state index contributed by atoms with van der Waals surface area (Å²) in [5.41, 5.74) is 0. The molecular formula is C3H11ClO7P2. The molecule has 0 heterocycles. The zero-order valence-corrected chi connectivity index (χ0v) is 9.17. The van der Waals surface area contributed by atoms with Gasteiger partial charge in [-0.25, -0.2) is 0 Å². The number of rotatable bonds is 3. The predicted octanol–water partition coefficient (Wildman–Crippen LogP) is -0.180. The molecule has 0 aliphatic heterocycles. The smallest absolute Gasteiger partial charge is 0.368 e. The van der Waals surface area contributed by atoms with E-state index in [1.807, 2.05) is 0 Å². The maximum absolute atomic E-state index is 10.5. The fraction of sp³-hybridized carbons (Fsp3) is 1.00. The lowest BCUT2D eigenvalue weighted by atomic mass is 10.5. The largest absolute Gasteiger partial charge is 0.369 e. The standard InChI is InChI=1S/C3H10O7P2.ClH/c1-2-3(4,11(5,6)7)12(8,9)10;/h4H,2H2,1H3,(H2,5,6,7)(H2,8,9,10);1H. The van der Waals surface area contributed by atoms with E-state index in [9.17, 15) is 9.13 Å². The highest BCUT2D eigenvalue weighted by Crippen LogP contribution is 2.68. The van der Waals surface area contributed by atoms with Crippen LogP contribution in [0.1, 0.15) is 13.3 Å². The summed E-state index contributed by atoms with van der Waals surface area (Å²) in [6, 6.07) is 0. The van der Waals surface area contributed by atoms with Gasteiger partial charge in [-0.05, 0) is 6.42 Å². The first-order chi connectivity index (χ1) is 5.06. The van der Waals surface area contributed by atoms with Gasteiger partial charge >= 0.3 is 15.2 Å². The molecule has 82 valence electrons. The van der Waals surface area contributed by atoms with Crippen LogP contribution in [0.25, 0.3) is 0 Å². The second-order valence-corrected chi connectivity index (χ2v) is 6.22. The number of hydrogen-bond acceptors (Lipinski definition) is 3. The first kappa shape index (κ1) is 16.0. The van der Waals surface area contributed by atoms with Gasteiger partial charge in [-0.15, -0.1) is 12.4 Å². The Balaban J connectivity index is 0. The van der Waals surface area contributed by atoms with Crippen LogP contribution in [0.3, 0.4) is 0 Å². The first-order valence-electron chi connectivity index (χ1n) is 2.90. The van der Waals surface area contributed by atoms with E-state index in [0.29, 0.717) is 0 Å². The van der Waals surface area contributed by atoms with Crippen molar-refractivity contribution in [3.05, 3.63) is 0 Å². The van der Waals surface area contributed by atoms with Crippen molar-refractivity contribution < 1.29 is 33.8 Å². The molecule has 0 aromatic heterocycles. The van der Waals surface area contributed by atoms with Crippen molar-refractivity contribution in [2.45, 2.75) is 18.4 Å². The third-order valence-corrected chi connectivity index (χ3v) is 5.47. The Bertz CT molecular complexity index is 230. The van der Waals surface area contributed by atoms with Crippen LogP contribution < -0.4 is 0 Å². The number of hydrogen-bond donors (Lipinski definition) is 5. The minimum atomic E-state index is -5.22. The van der Waals surface area contributed by atoms with Crippen molar-refractivity contribution in [3.8, 4) is 0 Å². The van der Waals surface area contributed by atoms with Gasteiger partial charge < -0.3 is 24.7 Å². The van der Waals surface area contributed by atoms with E-state index in [0.717, 1.165) is 6.92 Å². The molecule has 0 amide bonds. The van der Waals surface area contributed by atoms with Crippen molar-refractivity contribution in [1.29, 1.82) is 0 Å². The van der Waals surface area contributed by atoms with Crippen molar-refractivity contribution >= 4 is 27.6 Å². The van der Waals surface area contributed by atoms with E-state index in [-0.39, 0.29) is 12.4 Å². The molecule has 0 aromatic rings. The van der Waals surface area contributed by atoms with Gasteiger partial charge in [-0.2, -0.15) is 0 Å². The minimum Gasteiger partial charge on any atom is -0.368 e. The summed E-state index contributed by atoms with van der Waals surface area (Å²) < 4.78 is 21.0. The van der Waals surface area contributed by atoms with E-state index in [1.165, 1.54) is 0 Å². The van der Waals surface area contributed by atoms with Crippen molar-refractivity contribution in [2.75, 3.05) is 0 Å². The second kappa shape index (κ2) is 4.38. The first-order valence-corrected chi connectivity index (χ1v) is 6.12. The van der Waals surface area contributed by atoms with Gasteiger partial charge in [-0.1, -0.05) is 6.92 Å². The highest BCUT2D eigenvalue weighted by molar-refractivity contribution is 7.72. The predicted molar refractivity (Wildman–Crippen MR) is 46.6 cm³/mol. The normalized spacial score (nSPS) is 13.7. The maximum Gasteiger partial charge on any atom is 0.369 e. The van der Waals surface area contributed by atoms with Gasteiger partial charge in [0.25, 0.3) is 5.08 Å². The van der Waals surface area contributed by atoms with E-state index in [2.05, 4.69) is 0 Å². The summed E-state index contributed by atoms with van der Waals surface area (Å²) in [5.74, 6) is 0. The summed E-state index contributed by atoms with van der Waals surface area (Å²) in [7, 11) is -10.4. The van der Waals surface area contributed by atoms with E-state index in [4.69, 9.17) is 24.7 Å². The van der Waals surface area contributed by atoms with Crippen LogP contribution in [0.2, 0.25) is 0 Å². The fourth-order valence-corrected chi connectivity index (χ4v) is 2.76. The van der Waals surface area contributed by atoms with Crippen LogP contribution in [0.15, 0.2) is 0 Å². The molecule has 0 atom stereocenters. The maximum atomic E-state index is 10.5. The summed E-state index contributed by atoms with van der Waals surface area (Å²) in [5, 5.41) is 5.72. The SMILES string of the molecule is CCC(O)(P(=O)(O)O)P(=O)(O)O.Cl. The molecule has 13 heavy (non-hydrogen) atoms. The molecule has 0 aliphatic rings. The summed E-state index contributed by atoms with van der Waals surface area (Å²) in [4.78, 5) is 33.8. The van der Waals surface area contributed by atoms with Crippen LogP contribution in [-0.2, 0) is 9.13 Å². The molecular weight excluding hydrogens is 245 g/mol. The molecule has 7 nitrogen and oxygen atoms in total. The summed E-state index contributed by atoms with van der Waals surface area (Å²) in [6.07, 6.45) is -0.721. The van der Waals surface area contributed by atoms with Gasteiger partial charge in [-0.3, -0.25) is 9.13 Å². The van der Waals surface area contributed by atoms with Crippen LogP contribution in [0, 0.1) is 0 Å². The lowest BCUT2D eigenvalue weighted by Crippen LogP contribution is -2.27. The van der Waals surface area contributed by atoms with Crippen LogP contribution in [0.4, 0.5) is 0 Å². The molecule has 0 saturated heterocycles. The minimum absolute atomic E-state index is 0. The molecule has 0 rings (SSSR count). The third kappa shape index (κ3) is 3.01. The lowest BCUT2D eigenvalue weighted by molar-refractivity contribution is 0.127. The van der Waals surface area contributed by atoms with Crippen LogP contribution in [-0.4, -0.2) is 29.8 Å². The van der Waals surface area contributed by atoms with E-state index >= 15 is 0 Å². The van der Waals surface area contributed by atoms with Crippen molar-refractivity contribution in [2.24, 2.45) is 0 Å². The number of aliphatic hydroxyl groups is 1. The average Bonchev–Trinajstić information content (AvgIpc) is 1.81. The topological polar surface area (TPSA) is 135 Å². The van der Waals surface area contributed by atoms with Crippen LogP contribution in [0.5, 0.6) is 0 Å². The van der Waals surface area contributed by atoms with Gasteiger partial charge in [0.1, 0.15) is 0 Å². The van der Waals surface area contributed by atoms with E-state index < -0.39 is 26.7 Å². The monoisotopic (exact) mass is 256 g/mol. The Morgan fingerprint density at radius 2 is 1.31 bits per heavy atom. The zero-order chi connectivity index (χ0) is 10.2. The van der Waals surface area contributed by atoms with Crippen molar-refractivity contribution in [1.82, 2.24) is 0 Å². The zero-order valence-electron chi connectivity index (χ0n) is 6.56. The highest BCUT2D eigenvalue weighted by atomic mass is 35.5. The van der Waals surface area contributed by atoms with Gasteiger partial charge in [0, 0.05) is 0 Å². The van der Waals surface area contributed by atoms with Gasteiger partial charge in [0.05, 0.1) is 0 Å². The molecule has 0 fully saturated rings. The molecule has 10 heteroatoms. The van der Waals surface area contributed by atoms with E-state index in [1.54, 1.807) is 0 Å². The Labute approximate surface area is 80.5 Å². The average molecular weight is 257 g/mol. The third-order valence-electron chi connectivity index (χ3n) is 1.41. The second-order valence-electron chi connectivity index (χ2n) is 2.22. The molecule has 0 saturated carbocycles. The van der Waals surface area contributed by atoms with Crippen molar-refractivity contribution in [3.63, 3.8) is 0 Å². The Kier molecular flexibility index (Phi) is 5.39. The fourth-order valence-electron chi connectivity index (χ4n) is 0.582.